The minimum absolute atomic E-state index is 0.0306. The quantitative estimate of drug-likeness (QED) is 0.465. The van der Waals surface area contributed by atoms with Crippen molar-refractivity contribution < 1.29 is 27.6 Å². The number of carbonyl (C=O) groups excluding carboxylic acids is 3. The number of likely N-dealkylation sites (N-methyl/N-ethyl adjacent to an activating group) is 1. The van der Waals surface area contributed by atoms with Gasteiger partial charge in [0.15, 0.2) is 0 Å². The summed E-state index contributed by atoms with van der Waals surface area (Å²) >= 11 is 0.885. The Kier molecular flexibility index (Phi) is 10.1. The highest BCUT2D eigenvalue weighted by atomic mass is 32.2. The minimum Gasteiger partial charge on any atom is -0.368 e. The molecule has 178 valence electrons. The van der Waals surface area contributed by atoms with Crippen molar-refractivity contribution in [2.75, 3.05) is 51.3 Å². The fraction of sp³-hybridized carbons (Fsp3) is 0.850. The molecule has 2 N–H and O–H groups in total. The molecule has 2 aliphatic rings. The molecule has 1 saturated heterocycles. The van der Waals surface area contributed by atoms with Crippen LogP contribution >= 0.6 is 11.8 Å². The number of ketones is 1. The van der Waals surface area contributed by atoms with E-state index in [1.165, 1.54) is 0 Å². The molecule has 1 aliphatic heterocycles. The Balaban J connectivity index is 1.94. The Morgan fingerprint density at radius 2 is 1.74 bits per heavy atom. The van der Waals surface area contributed by atoms with Crippen LogP contribution in [0, 0.1) is 0 Å². The number of piperazine rings is 1. The van der Waals surface area contributed by atoms with Gasteiger partial charge < -0.3 is 15.5 Å². The Morgan fingerprint density at radius 1 is 1.13 bits per heavy atom. The molecular weight excluding hydrogens is 433 g/mol. The molecule has 0 unspecified atom stereocenters. The van der Waals surface area contributed by atoms with E-state index in [1.54, 1.807) is 4.90 Å². The van der Waals surface area contributed by atoms with Gasteiger partial charge in [0.2, 0.25) is 17.6 Å². The summed E-state index contributed by atoms with van der Waals surface area (Å²) in [6.07, 6.45) is -0.506. The van der Waals surface area contributed by atoms with Gasteiger partial charge in [0.05, 0.1) is 12.3 Å². The van der Waals surface area contributed by atoms with Crippen LogP contribution in [0.15, 0.2) is 0 Å². The Hall–Kier alpha value is -1.33. The molecule has 7 nitrogen and oxygen atoms in total. The third kappa shape index (κ3) is 8.27. The molecule has 2 rings (SSSR count). The number of primary amides is 1. The smallest absolute Gasteiger partial charge is 0.368 e. The lowest BCUT2D eigenvalue weighted by atomic mass is 10.0. The lowest BCUT2D eigenvalue weighted by Crippen LogP contribution is -2.56. The van der Waals surface area contributed by atoms with Crippen molar-refractivity contribution in [3.63, 3.8) is 0 Å². The van der Waals surface area contributed by atoms with E-state index in [9.17, 15) is 27.6 Å². The second kappa shape index (κ2) is 12.1. The summed E-state index contributed by atoms with van der Waals surface area (Å²) in [6.45, 7) is 3.56. The minimum atomic E-state index is -4.82. The first-order chi connectivity index (χ1) is 14.6. The van der Waals surface area contributed by atoms with Crippen LogP contribution in [-0.4, -0.2) is 102 Å². The van der Waals surface area contributed by atoms with Gasteiger partial charge in [0, 0.05) is 32.2 Å². The molecule has 1 saturated carbocycles. The number of amides is 2. The van der Waals surface area contributed by atoms with Crippen LogP contribution in [0.1, 0.15) is 38.5 Å². The zero-order valence-corrected chi connectivity index (χ0v) is 18.8. The molecule has 0 aromatic heterocycles. The highest BCUT2D eigenvalue weighted by Gasteiger charge is 2.38. The van der Waals surface area contributed by atoms with Crippen molar-refractivity contribution in [3.8, 4) is 0 Å². The fourth-order valence-electron chi connectivity index (χ4n) is 4.14. The third-order valence-corrected chi connectivity index (χ3v) is 6.98. The first-order valence-corrected chi connectivity index (χ1v) is 11.9. The van der Waals surface area contributed by atoms with Crippen LogP contribution in [0.5, 0.6) is 0 Å². The van der Waals surface area contributed by atoms with E-state index < -0.39 is 29.7 Å². The van der Waals surface area contributed by atoms with Gasteiger partial charge in [-0.2, -0.15) is 24.9 Å². The maximum Gasteiger partial charge on any atom is 0.450 e. The van der Waals surface area contributed by atoms with E-state index in [4.69, 9.17) is 5.73 Å². The number of alkyl halides is 3. The number of nitrogens with two attached hydrogens (primary N) is 1. The van der Waals surface area contributed by atoms with Crippen LogP contribution in [0.3, 0.4) is 0 Å². The van der Waals surface area contributed by atoms with Crippen LogP contribution in [0.25, 0.3) is 0 Å². The molecule has 1 heterocycles. The summed E-state index contributed by atoms with van der Waals surface area (Å²) in [6, 6.07) is -0.807. The van der Waals surface area contributed by atoms with Crippen LogP contribution < -0.4 is 5.73 Å². The number of thioether (sulfide) groups is 1. The van der Waals surface area contributed by atoms with Gasteiger partial charge in [-0.3, -0.25) is 19.3 Å². The second-order valence-corrected chi connectivity index (χ2v) is 9.46. The van der Waals surface area contributed by atoms with E-state index in [0.717, 1.165) is 63.6 Å². The van der Waals surface area contributed by atoms with E-state index >= 15 is 0 Å². The highest BCUT2D eigenvalue weighted by molar-refractivity contribution is 7.99. The molecule has 31 heavy (non-hydrogen) atoms. The second-order valence-electron chi connectivity index (χ2n) is 8.35. The van der Waals surface area contributed by atoms with Crippen LogP contribution in [0.4, 0.5) is 13.2 Å². The van der Waals surface area contributed by atoms with Crippen molar-refractivity contribution in [2.24, 2.45) is 5.73 Å². The summed E-state index contributed by atoms with van der Waals surface area (Å²) in [4.78, 5) is 42.3. The number of Topliss-reactive ketones (excluding diaryl/α,β-unsaturated/α-hetero) is 1. The van der Waals surface area contributed by atoms with Crippen molar-refractivity contribution in [2.45, 2.75) is 56.8 Å². The molecule has 2 fully saturated rings. The molecule has 2 amide bonds. The zero-order valence-electron chi connectivity index (χ0n) is 18.0. The van der Waals surface area contributed by atoms with Gasteiger partial charge in [-0.1, -0.05) is 12.8 Å². The predicted molar refractivity (Wildman–Crippen MR) is 114 cm³/mol. The first-order valence-electron chi connectivity index (χ1n) is 10.8. The van der Waals surface area contributed by atoms with Gasteiger partial charge in [0.25, 0.3) is 0 Å². The van der Waals surface area contributed by atoms with Crippen molar-refractivity contribution in [3.05, 3.63) is 0 Å². The standard InChI is InChI=1S/C20H33F3N4O3S/c1-25-8-10-26(11-9-25)13-18(29)27(15-5-2-3-6-15)16(19(24)30)7-4-12-31-14-17(28)20(21,22)23/h15-16H,2-14H2,1H3,(H2,24,30)/t16-/m0/s1. The van der Waals surface area contributed by atoms with Gasteiger partial charge >= 0.3 is 6.18 Å². The SMILES string of the molecule is CN1CCN(CC(=O)N(C2CCCC2)[C@@H](CCCSCC(=O)C(F)(F)F)C(N)=O)CC1. The summed E-state index contributed by atoms with van der Waals surface area (Å²) in [7, 11) is 2.04. The number of carbonyl (C=O) groups is 3. The van der Waals surface area contributed by atoms with Crippen LogP contribution in [-0.2, 0) is 14.4 Å². The molecule has 0 spiro atoms. The molecule has 0 radical (unpaired) electrons. The third-order valence-electron chi connectivity index (χ3n) is 5.94. The van der Waals surface area contributed by atoms with Gasteiger partial charge in [-0.25, -0.2) is 0 Å². The van der Waals surface area contributed by atoms with Crippen LogP contribution in [0.2, 0.25) is 0 Å². The Bertz CT molecular complexity index is 621. The molecule has 0 aromatic carbocycles. The van der Waals surface area contributed by atoms with E-state index in [0.29, 0.717) is 6.42 Å². The number of hydrogen-bond donors (Lipinski definition) is 1. The average Bonchev–Trinajstić information content (AvgIpc) is 3.21. The Morgan fingerprint density at radius 3 is 2.29 bits per heavy atom. The van der Waals surface area contributed by atoms with E-state index in [2.05, 4.69) is 9.80 Å². The molecule has 1 atom stereocenters. The van der Waals surface area contributed by atoms with Crippen molar-refractivity contribution in [1.82, 2.24) is 14.7 Å². The Labute approximate surface area is 185 Å². The summed E-state index contributed by atoms with van der Waals surface area (Å²) in [5.74, 6) is -2.81. The van der Waals surface area contributed by atoms with Gasteiger partial charge in [-0.15, -0.1) is 0 Å². The number of hydrogen-bond acceptors (Lipinski definition) is 6. The topological polar surface area (TPSA) is 86.9 Å². The summed E-state index contributed by atoms with van der Waals surface area (Å²) < 4.78 is 36.9. The predicted octanol–water partition coefficient (Wildman–Crippen LogP) is 1.50. The molecular formula is C20H33F3N4O3S. The maximum atomic E-state index is 13.2. The molecule has 1 aliphatic carbocycles. The first kappa shape index (κ1) is 25.9. The van der Waals surface area contributed by atoms with Gasteiger partial charge in [0.1, 0.15) is 6.04 Å². The van der Waals surface area contributed by atoms with Gasteiger partial charge in [-0.05, 0) is 38.5 Å². The monoisotopic (exact) mass is 466 g/mol. The normalized spacial score (nSPS) is 20.0. The summed E-state index contributed by atoms with van der Waals surface area (Å²) in [5.41, 5.74) is 5.65. The summed E-state index contributed by atoms with van der Waals surface area (Å²) in [5, 5.41) is 0. The molecule has 0 aromatic rings. The fourth-order valence-corrected chi connectivity index (χ4v) is 5.00. The van der Waals surface area contributed by atoms with Crippen molar-refractivity contribution >= 4 is 29.4 Å². The number of rotatable bonds is 11. The maximum absolute atomic E-state index is 13.2. The number of halogens is 3. The molecule has 11 heteroatoms. The zero-order chi connectivity index (χ0) is 23.0. The highest BCUT2D eigenvalue weighted by Crippen LogP contribution is 2.27. The molecule has 0 bridgehead atoms. The van der Waals surface area contributed by atoms with Crippen molar-refractivity contribution in [1.29, 1.82) is 0 Å². The average molecular weight is 467 g/mol. The number of nitrogens with zero attached hydrogens (tertiary/aromatic N) is 3. The largest absolute Gasteiger partial charge is 0.450 e. The van der Waals surface area contributed by atoms with E-state index in [-0.39, 0.29) is 30.7 Å². The lowest BCUT2D eigenvalue weighted by molar-refractivity contribution is -0.167. The van der Waals surface area contributed by atoms with E-state index in [1.807, 2.05) is 7.05 Å². The lowest BCUT2D eigenvalue weighted by Gasteiger charge is -2.38.